The first kappa shape index (κ1) is 18.5. The molecule has 0 unspecified atom stereocenters. The zero-order valence-electron chi connectivity index (χ0n) is 14.0. The fourth-order valence-electron chi connectivity index (χ4n) is 2.27. The molecule has 1 heterocycles. The zero-order chi connectivity index (χ0) is 19.3. The summed E-state index contributed by atoms with van der Waals surface area (Å²) in [5, 5.41) is 10.1. The van der Waals surface area contributed by atoms with E-state index in [2.05, 4.69) is 20.4 Å². The van der Waals surface area contributed by atoms with E-state index < -0.39 is 21.7 Å². The Labute approximate surface area is 155 Å². The van der Waals surface area contributed by atoms with E-state index in [1.165, 1.54) is 42.6 Å². The van der Waals surface area contributed by atoms with Crippen molar-refractivity contribution >= 4 is 21.6 Å². The van der Waals surface area contributed by atoms with Crippen LogP contribution in [0.15, 0.2) is 65.8 Å². The second kappa shape index (κ2) is 7.96. The number of benzene rings is 2. The number of halogens is 1. The maximum absolute atomic E-state index is 12.9. The van der Waals surface area contributed by atoms with Crippen LogP contribution in [0, 0.1) is 5.82 Å². The van der Waals surface area contributed by atoms with Gasteiger partial charge in [0.05, 0.1) is 17.6 Å². The van der Waals surface area contributed by atoms with E-state index in [9.17, 15) is 17.6 Å². The largest absolute Gasteiger partial charge is 0.350 e. The average molecular weight is 389 g/mol. The molecule has 1 amide bonds. The highest BCUT2D eigenvalue weighted by Crippen LogP contribution is 2.17. The second-order valence-corrected chi connectivity index (χ2v) is 7.24. The molecular formula is C17H16FN5O3S. The van der Waals surface area contributed by atoms with Crippen molar-refractivity contribution in [3.05, 3.63) is 72.3 Å². The summed E-state index contributed by atoms with van der Waals surface area (Å²) in [4.78, 5) is 12.2. The van der Waals surface area contributed by atoms with Crippen LogP contribution in [0.25, 0.3) is 0 Å². The molecule has 8 nitrogen and oxygen atoms in total. The van der Waals surface area contributed by atoms with Gasteiger partial charge in [0.1, 0.15) is 5.82 Å². The number of hydrogen-bond acceptors (Lipinski definition) is 5. The molecule has 0 aliphatic carbocycles. The van der Waals surface area contributed by atoms with Gasteiger partial charge in [-0.2, -0.15) is 0 Å². The predicted molar refractivity (Wildman–Crippen MR) is 96.0 cm³/mol. The zero-order valence-corrected chi connectivity index (χ0v) is 14.9. The number of carbonyl (C=O) groups excluding carboxylic acids is 1. The number of anilines is 1. The van der Waals surface area contributed by atoms with Crippen LogP contribution >= 0.6 is 0 Å². The summed E-state index contributed by atoms with van der Waals surface area (Å²) in [6.45, 7) is 0.753. The number of amides is 1. The lowest BCUT2D eigenvalue weighted by atomic mass is 10.2. The number of carbonyl (C=O) groups is 1. The molecule has 10 heteroatoms. The Hall–Kier alpha value is -3.27. The smallest absolute Gasteiger partial charge is 0.261 e. The van der Waals surface area contributed by atoms with Crippen LogP contribution in [0.4, 0.5) is 10.1 Å². The standard InChI is InChI=1S/C17H16FN5O3S/c18-14-4-6-15(7-5-14)21-27(25,26)16-3-1-2-13(12-16)17(24)19-8-10-23-11-9-20-22-23/h1-7,9,11-12,21H,8,10H2,(H,19,24). The molecule has 2 N–H and O–H groups in total. The summed E-state index contributed by atoms with van der Waals surface area (Å²) in [5.74, 6) is -0.878. The fourth-order valence-corrected chi connectivity index (χ4v) is 3.38. The van der Waals surface area contributed by atoms with Gasteiger partial charge in [-0.3, -0.25) is 14.2 Å². The molecule has 3 rings (SSSR count). The van der Waals surface area contributed by atoms with Gasteiger partial charge in [-0.05, 0) is 42.5 Å². The number of nitrogens with one attached hydrogen (secondary N) is 2. The average Bonchev–Trinajstić information content (AvgIpc) is 3.17. The van der Waals surface area contributed by atoms with Gasteiger partial charge in [0.2, 0.25) is 0 Å². The Morgan fingerprint density at radius 3 is 2.63 bits per heavy atom. The van der Waals surface area contributed by atoms with Crippen molar-refractivity contribution in [2.24, 2.45) is 0 Å². The first-order chi connectivity index (χ1) is 12.9. The van der Waals surface area contributed by atoms with Gasteiger partial charge >= 0.3 is 0 Å². The van der Waals surface area contributed by atoms with Crippen LogP contribution in [0.5, 0.6) is 0 Å². The summed E-state index contributed by atoms with van der Waals surface area (Å²) in [6, 6.07) is 10.6. The van der Waals surface area contributed by atoms with E-state index in [0.29, 0.717) is 13.1 Å². The number of aromatic nitrogens is 3. The van der Waals surface area contributed by atoms with E-state index in [1.54, 1.807) is 10.9 Å². The molecule has 0 saturated heterocycles. The van der Waals surface area contributed by atoms with Gasteiger partial charge in [-0.1, -0.05) is 11.3 Å². The highest BCUT2D eigenvalue weighted by Gasteiger charge is 2.16. The lowest BCUT2D eigenvalue weighted by Crippen LogP contribution is -2.27. The molecule has 140 valence electrons. The summed E-state index contributed by atoms with van der Waals surface area (Å²) < 4.78 is 41.8. The summed E-state index contributed by atoms with van der Waals surface area (Å²) in [6.07, 6.45) is 3.20. The number of hydrogen-bond donors (Lipinski definition) is 2. The van der Waals surface area contributed by atoms with Crippen LogP contribution < -0.4 is 10.0 Å². The first-order valence-corrected chi connectivity index (χ1v) is 9.43. The minimum atomic E-state index is -3.91. The SMILES string of the molecule is O=C(NCCn1ccnn1)c1cccc(S(=O)(=O)Nc2ccc(F)cc2)c1. The van der Waals surface area contributed by atoms with Crippen LogP contribution in [0.3, 0.4) is 0 Å². The normalized spacial score (nSPS) is 11.1. The van der Waals surface area contributed by atoms with Crippen molar-refractivity contribution < 1.29 is 17.6 Å². The maximum atomic E-state index is 12.9. The number of nitrogens with zero attached hydrogens (tertiary/aromatic N) is 3. The molecule has 2 aromatic carbocycles. The molecule has 0 radical (unpaired) electrons. The minimum absolute atomic E-state index is 0.0734. The number of rotatable bonds is 7. The summed E-state index contributed by atoms with van der Waals surface area (Å²) >= 11 is 0. The molecule has 0 atom stereocenters. The van der Waals surface area contributed by atoms with Crippen molar-refractivity contribution in [2.75, 3.05) is 11.3 Å². The van der Waals surface area contributed by atoms with E-state index >= 15 is 0 Å². The van der Waals surface area contributed by atoms with Gasteiger partial charge in [-0.15, -0.1) is 5.10 Å². The maximum Gasteiger partial charge on any atom is 0.261 e. The molecule has 0 bridgehead atoms. The van der Waals surface area contributed by atoms with E-state index in [-0.39, 0.29) is 16.1 Å². The Kier molecular flexibility index (Phi) is 5.46. The van der Waals surface area contributed by atoms with Gasteiger partial charge in [-0.25, -0.2) is 12.8 Å². The second-order valence-electron chi connectivity index (χ2n) is 5.56. The molecule has 1 aromatic heterocycles. The molecular weight excluding hydrogens is 373 g/mol. The molecule has 0 aliphatic heterocycles. The van der Waals surface area contributed by atoms with Crippen LogP contribution in [-0.4, -0.2) is 35.9 Å². The summed E-state index contributed by atoms with van der Waals surface area (Å²) in [7, 11) is -3.91. The van der Waals surface area contributed by atoms with Gasteiger partial charge in [0, 0.05) is 24.0 Å². The van der Waals surface area contributed by atoms with E-state index in [1.807, 2.05) is 0 Å². The third kappa shape index (κ3) is 4.88. The Morgan fingerprint density at radius 1 is 1.15 bits per heavy atom. The van der Waals surface area contributed by atoms with Crippen molar-refractivity contribution in [3.8, 4) is 0 Å². The molecule has 3 aromatic rings. The first-order valence-electron chi connectivity index (χ1n) is 7.95. The van der Waals surface area contributed by atoms with E-state index in [0.717, 1.165) is 12.1 Å². The van der Waals surface area contributed by atoms with Gasteiger partial charge < -0.3 is 5.32 Å². The molecule has 0 fully saturated rings. The summed E-state index contributed by atoms with van der Waals surface area (Å²) in [5.41, 5.74) is 0.426. The third-order valence-electron chi connectivity index (χ3n) is 3.60. The monoisotopic (exact) mass is 389 g/mol. The third-order valence-corrected chi connectivity index (χ3v) is 4.98. The Bertz CT molecular complexity index is 1020. The highest BCUT2D eigenvalue weighted by molar-refractivity contribution is 7.92. The molecule has 27 heavy (non-hydrogen) atoms. The fraction of sp³-hybridized carbons (Fsp3) is 0.118. The number of sulfonamides is 1. The molecule has 0 aliphatic rings. The van der Waals surface area contributed by atoms with Crippen LogP contribution in [-0.2, 0) is 16.6 Å². The van der Waals surface area contributed by atoms with Gasteiger partial charge in [0.25, 0.3) is 15.9 Å². The van der Waals surface area contributed by atoms with Crippen molar-refractivity contribution in [1.29, 1.82) is 0 Å². The van der Waals surface area contributed by atoms with Crippen LogP contribution in [0.2, 0.25) is 0 Å². The van der Waals surface area contributed by atoms with Gasteiger partial charge in [0.15, 0.2) is 0 Å². The highest BCUT2D eigenvalue weighted by atomic mass is 32.2. The Morgan fingerprint density at radius 2 is 1.93 bits per heavy atom. The minimum Gasteiger partial charge on any atom is -0.350 e. The van der Waals surface area contributed by atoms with Crippen molar-refractivity contribution in [3.63, 3.8) is 0 Å². The topological polar surface area (TPSA) is 106 Å². The lowest BCUT2D eigenvalue weighted by Gasteiger charge is -2.10. The van der Waals surface area contributed by atoms with E-state index in [4.69, 9.17) is 0 Å². The van der Waals surface area contributed by atoms with Crippen LogP contribution in [0.1, 0.15) is 10.4 Å². The quantitative estimate of drug-likeness (QED) is 0.639. The van der Waals surface area contributed by atoms with Crippen molar-refractivity contribution in [1.82, 2.24) is 20.3 Å². The Balaban J connectivity index is 1.68. The van der Waals surface area contributed by atoms with Crippen molar-refractivity contribution in [2.45, 2.75) is 11.4 Å². The predicted octanol–water partition coefficient (Wildman–Crippen LogP) is 1.65. The molecule has 0 saturated carbocycles. The molecule has 0 spiro atoms. The lowest BCUT2D eigenvalue weighted by molar-refractivity contribution is 0.0951.